The molecule has 10 nitrogen and oxygen atoms in total. The zero-order chi connectivity index (χ0) is 24.7. The highest BCUT2D eigenvalue weighted by Gasteiger charge is 2.62. The highest BCUT2D eigenvalue weighted by atomic mass is 16.5. The van der Waals surface area contributed by atoms with Gasteiger partial charge < -0.3 is 30.7 Å². The predicted molar refractivity (Wildman–Crippen MR) is 115 cm³/mol. The lowest BCUT2D eigenvalue weighted by atomic mass is 9.56. The number of ketones is 3. The average Bonchev–Trinajstić information content (AvgIpc) is 2.73. The molecule has 0 spiro atoms. The highest BCUT2D eigenvalue weighted by molar-refractivity contribution is 6.24. The molecule has 0 bridgehead atoms. The molecule has 33 heavy (non-hydrogen) atoms. The third-order valence-electron chi connectivity index (χ3n) is 6.98. The molecule has 3 rings (SSSR count). The number of phenolic OH excluding ortho intramolecular Hbond substituents is 1. The second kappa shape index (κ2) is 9.30. The number of carbonyl (C=O) groups excluding carboxylic acids is 4. The van der Waals surface area contributed by atoms with E-state index >= 15 is 0 Å². The molecule has 1 aromatic carbocycles. The minimum absolute atomic E-state index is 0.0198. The fraction of sp³-hybridized carbons (Fsp3) is 0.565. The number of aliphatic hydroxyl groups is 2. The number of hydrogen-bond donors (Lipinski definition) is 4. The standard InChI is InChI=1S/C23H30N2O8/c1-25(2)15(9-26)14-7-12-6-13-11(10-33-3)4-5-16(27)20(13)21(30)19(12)22(31)23(14,32)17(28)8-18(24)29/h4-5,12,14-15,19,26-27,32H,6-10H2,1-3H3,(H2,24,29)/t12-,14-,15+,19?,23+/m0/s1. The molecule has 10 heteroatoms. The van der Waals surface area contributed by atoms with Gasteiger partial charge in [0.25, 0.3) is 0 Å². The number of nitrogens with two attached hydrogens (primary N) is 1. The highest BCUT2D eigenvalue weighted by Crippen LogP contribution is 2.48. The van der Waals surface area contributed by atoms with Crippen molar-refractivity contribution >= 4 is 23.3 Å². The smallest absolute Gasteiger partial charge is 0.225 e. The number of benzene rings is 1. The average molecular weight is 462 g/mol. The molecule has 2 aliphatic rings. The number of ether oxygens (including phenoxy) is 1. The maximum absolute atomic E-state index is 13.6. The molecule has 0 radical (unpaired) electrons. The lowest BCUT2D eigenvalue weighted by molar-refractivity contribution is -0.171. The van der Waals surface area contributed by atoms with E-state index in [0.29, 0.717) is 11.1 Å². The predicted octanol–water partition coefficient (Wildman–Crippen LogP) is -0.803. The van der Waals surface area contributed by atoms with Crippen LogP contribution in [0.25, 0.3) is 0 Å². The van der Waals surface area contributed by atoms with Crippen LogP contribution in [0.15, 0.2) is 12.1 Å². The van der Waals surface area contributed by atoms with Crippen LogP contribution < -0.4 is 5.73 Å². The number of primary amides is 1. The Hall–Kier alpha value is -2.66. The maximum Gasteiger partial charge on any atom is 0.225 e. The van der Waals surface area contributed by atoms with E-state index in [1.807, 2.05) is 0 Å². The molecular weight excluding hydrogens is 432 g/mol. The summed E-state index contributed by atoms with van der Waals surface area (Å²) >= 11 is 0. The molecule has 0 aliphatic heterocycles. The number of aromatic hydroxyl groups is 1. The Labute approximate surface area is 191 Å². The van der Waals surface area contributed by atoms with E-state index in [1.165, 1.54) is 13.2 Å². The first-order valence-electron chi connectivity index (χ1n) is 10.7. The minimum Gasteiger partial charge on any atom is -0.507 e. The van der Waals surface area contributed by atoms with E-state index in [1.54, 1.807) is 25.1 Å². The number of phenols is 1. The Morgan fingerprint density at radius 2 is 1.97 bits per heavy atom. The normalized spacial score (nSPS) is 27.8. The Morgan fingerprint density at radius 1 is 1.30 bits per heavy atom. The SMILES string of the molecule is COCc1ccc(O)c2c1C[C@H]1C[C@@H]([C@@H](CO)N(C)C)[C@@](O)(C(=O)CC(N)=O)C(=O)C1C2=O. The van der Waals surface area contributed by atoms with E-state index < -0.39 is 65.7 Å². The Morgan fingerprint density at radius 3 is 2.52 bits per heavy atom. The molecule has 0 heterocycles. The monoisotopic (exact) mass is 462 g/mol. The summed E-state index contributed by atoms with van der Waals surface area (Å²) in [6, 6.07) is 2.20. The van der Waals surface area contributed by atoms with Gasteiger partial charge in [-0.15, -0.1) is 0 Å². The van der Waals surface area contributed by atoms with Crippen LogP contribution in [-0.4, -0.2) is 82.9 Å². The Bertz CT molecular complexity index is 991. The summed E-state index contributed by atoms with van der Waals surface area (Å²) in [5.41, 5.74) is 3.71. The number of amides is 1. The summed E-state index contributed by atoms with van der Waals surface area (Å²) in [7, 11) is 4.76. The van der Waals surface area contributed by atoms with Gasteiger partial charge in [-0.05, 0) is 50.0 Å². The van der Waals surface area contributed by atoms with Gasteiger partial charge >= 0.3 is 0 Å². The van der Waals surface area contributed by atoms with Crippen LogP contribution in [0.5, 0.6) is 5.75 Å². The Balaban J connectivity index is 2.16. The lowest BCUT2D eigenvalue weighted by Crippen LogP contribution is -2.67. The van der Waals surface area contributed by atoms with Crippen molar-refractivity contribution in [3.8, 4) is 5.75 Å². The number of nitrogens with zero attached hydrogens (tertiary/aromatic N) is 1. The molecule has 2 aliphatic carbocycles. The number of methoxy groups -OCH3 is 1. The van der Waals surface area contributed by atoms with Crippen LogP contribution in [-0.2, 0) is 32.1 Å². The van der Waals surface area contributed by atoms with E-state index in [2.05, 4.69) is 0 Å². The van der Waals surface area contributed by atoms with Crippen molar-refractivity contribution < 1.29 is 39.2 Å². The summed E-state index contributed by atoms with van der Waals surface area (Å²) in [5, 5.41) is 31.9. The third-order valence-corrected chi connectivity index (χ3v) is 6.98. The first-order chi connectivity index (χ1) is 15.5. The summed E-state index contributed by atoms with van der Waals surface area (Å²) in [6.45, 7) is -0.266. The summed E-state index contributed by atoms with van der Waals surface area (Å²) in [5.74, 6) is -7.14. The molecule has 1 saturated carbocycles. The second-order valence-electron chi connectivity index (χ2n) is 9.09. The minimum atomic E-state index is -2.68. The van der Waals surface area contributed by atoms with Crippen LogP contribution in [0.3, 0.4) is 0 Å². The molecule has 5 atom stereocenters. The molecule has 180 valence electrons. The molecule has 1 aromatic rings. The van der Waals surface area contributed by atoms with Gasteiger partial charge in [0.05, 0.1) is 31.1 Å². The van der Waals surface area contributed by atoms with Gasteiger partial charge in [0.15, 0.2) is 23.0 Å². The maximum atomic E-state index is 13.6. The van der Waals surface area contributed by atoms with Crippen molar-refractivity contribution in [3.05, 3.63) is 28.8 Å². The quantitative estimate of drug-likeness (QED) is 0.361. The summed E-state index contributed by atoms with van der Waals surface area (Å²) < 4.78 is 5.21. The molecule has 1 fully saturated rings. The van der Waals surface area contributed by atoms with Crippen molar-refractivity contribution in [2.75, 3.05) is 27.8 Å². The van der Waals surface area contributed by atoms with Crippen LogP contribution >= 0.6 is 0 Å². The largest absolute Gasteiger partial charge is 0.507 e. The molecule has 5 N–H and O–H groups in total. The van der Waals surface area contributed by atoms with E-state index in [0.717, 1.165) is 0 Å². The first-order valence-corrected chi connectivity index (χ1v) is 10.7. The first kappa shape index (κ1) is 25.0. The van der Waals surface area contributed by atoms with Gasteiger partial charge in [-0.1, -0.05) is 6.07 Å². The molecular formula is C23H30N2O8. The molecule has 1 amide bonds. The van der Waals surface area contributed by atoms with Crippen molar-refractivity contribution in [1.29, 1.82) is 0 Å². The third kappa shape index (κ3) is 4.08. The van der Waals surface area contributed by atoms with Gasteiger partial charge in [-0.3, -0.25) is 19.2 Å². The van der Waals surface area contributed by atoms with Crippen LogP contribution in [0.4, 0.5) is 0 Å². The van der Waals surface area contributed by atoms with Gasteiger partial charge in [0.1, 0.15) is 5.75 Å². The fourth-order valence-electron chi connectivity index (χ4n) is 5.42. The van der Waals surface area contributed by atoms with Crippen molar-refractivity contribution in [2.24, 2.45) is 23.5 Å². The number of fused-ring (bicyclic) bond motifs is 2. The van der Waals surface area contributed by atoms with Crippen LogP contribution in [0.2, 0.25) is 0 Å². The summed E-state index contributed by atoms with van der Waals surface area (Å²) in [4.78, 5) is 53.1. The van der Waals surface area contributed by atoms with Gasteiger partial charge in [-0.2, -0.15) is 0 Å². The van der Waals surface area contributed by atoms with E-state index in [-0.39, 0.29) is 30.8 Å². The van der Waals surface area contributed by atoms with Gasteiger partial charge in [0, 0.05) is 19.1 Å². The number of carbonyl (C=O) groups is 4. The number of rotatable bonds is 8. The number of aliphatic hydroxyl groups excluding tert-OH is 1. The summed E-state index contributed by atoms with van der Waals surface area (Å²) in [6.07, 6.45) is -0.573. The van der Waals surface area contributed by atoms with Gasteiger partial charge in [0.2, 0.25) is 5.91 Å². The van der Waals surface area contributed by atoms with E-state index in [4.69, 9.17) is 10.5 Å². The lowest BCUT2D eigenvalue weighted by Gasteiger charge is -2.49. The number of Topliss-reactive ketones (excluding diaryl/α,β-unsaturated/α-hetero) is 3. The second-order valence-corrected chi connectivity index (χ2v) is 9.09. The van der Waals surface area contributed by atoms with Crippen molar-refractivity contribution in [1.82, 2.24) is 4.90 Å². The zero-order valence-electron chi connectivity index (χ0n) is 18.9. The van der Waals surface area contributed by atoms with Gasteiger partial charge in [-0.25, -0.2) is 0 Å². The molecule has 0 saturated heterocycles. The molecule has 1 unspecified atom stereocenters. The van der Waals surface area contributed by atoms with Crippen LogP contribution in [0.1, 0.15) is 34.3 Å². The Kier molecular flexibility index (Phi) is 7.04. The number of likely N-dealkylation sites (N-methyl/N-ethyl adjacent to an activating group) is 1. The zero-order valence-corrected chi connectivity index (χ0v) is 18.9. The topological polar surface area (TPSA) is 167 Å². The van der Waals surface area contributed by atoms with E-state index in [9.17, 15) is 34.5 Å². The number of hydrogen-bond acceptors (Lipinski definition) is 9. The fourth-order valence-corrected chi connectivity index (χ4v) is 5.42. The van der Waals surface area contributed by atoms with Crippen molar-refractivity contribution in [3.63, 3.8) is 0 Å². The molecule has 0 aromatic heterocycles. The van der Waals surface area contributed by atoms with Crippen molar-refractivity contribution in [2.45, 2.75) is 37.5 Å². The van der Waals surface area contributed by atoms with Crippen LogP contribution in [0, 0.1) is 17.8 Å².